The van der Waals surface area contributed by atoms with E-state index in [1.165, 1.54) is 7.11 Å². The first-order valence-electron chi connectivity index (χ1n) is 4.56. The number of halogens is 1. The van der Waals surface area contributed by atoms with Gasteiger partial charge in [0.15, 0.2) is 0 Å². The van der Waals surface area contributed by atoms with E-state index in [1.54, 1.807) is 12.1 Å². The van der Waals surface area contributed by atoms with E-state index in [1.807, 2.05) is 13.0 Å². The van der Waals surface area contributed by atoms with E-state index >= 15 is 0 Å². The average molecular weight is 229 g/mol. The quantitative estimate of drug-likeness (QED) is 0.808. The van der Waals surface area contributed by atoms with Crippen LogP contribution in [-0.4, -0.2) is 18.2 Å². The fraction of sp³-hybridized carbons (Fsp3) is 0.364. The number of esters is 1. The lowest BCUT2D eigenvalue weighted by atomic mass is 10.0. The molecule has 0 aromatic heterocycles. The van der Waals surface area contributed by atoms with Gasteiger partial charge >= 0.3 is 5.97 Å². The number of aliphatic hydroxyl groups excluding tert-OH is 1. The van der Waals surface area contributed by atoms with Gasteiger partial charge in [-0.2, -0.15) is 0 Å². The molecule has 1 rings (SSSR count). The van der Waals surface area contributed by atoms with Gasteiger partial charge in [-0.25, -0.2) is 0 Å². The van der Waals surface area contributed by atoms with Crippen LogP contribution in [0.4, 0.5) is 0 Å². The highest BCUT2D eigenvalue weighted by Gasteiger charge is 2.17. The Hall–Kier alpha value is -1.06. The molecule has 3 nitrogen and oxygen atoms in total. The van der Waals surface area contributed by atoms with Crippen molar-refractivity contribution in [2.24, 2.45) is 0 Å². The Balaban J connectivity index is 2.90. The third kappa shape index (κ3) is 2.94. The molecule has 1 unspecified atom stereocenters. The van der Waals surface area contributed by atoms with Crippen LogP contribution >= 0.6 is 11.6 Å². The Morgan fingerprint density at radius 2 is 2.27 bits per heavy atom. The number of benzene rings is 1. The van der Waals surface area contributed by atoms with E-state index in [2.05, 4.69) is 4.74 Å². The molecule has 1 aromatic rings. The van der Waals surface area contributed by atoms with Crippen molar-refractivity contribution in [3.8, 4) is 0 Å². The van der Waals surface area contributed by atoms with Gasteiger partial charge in [-0.3, -0.25) is 4.79 Å². The van der Waals surface area contributed by atoms with Crippen molar-refractivity contribution >= 4 is 17.6 Å². The number of hydrogen-bond donors (Lipinski definition) is 1. The number of hydrogen-bond acceptors (Lipinski definition) is 3. The lowest BCUT2D eigenvalue weighted by molar-refractivity contribution is -0.142. The molecule has 15 heavy (non-hydrogen) atoms. The molecule has 0 saturated carbocycles. The van der Waals surface area contributed by atoms with Gasteiger partial charge in [0, 0.05) is 10.6 Å². The van der Waals surface area contributed by atoms with Gasteiger partial charge < -0.3 is 9.84 Å². The summed E-state index contributed by atoms with van der Waals surface area (Å²) in [5.41, 5.74) is 1.45. The molecule has 0 heterocycles. The molecule has 82 valence electrons. The number of aryl methyl sites for hydroxylation is 1. The van der Waals surface area contributed by atoms with Gasteiger partial charge in [0.1, 0.15) is 0 Å². The summed E-state index contributed by atoms with van der Waals surface area (Å²) in [6.07, 6.45) is -0.993. The van der Waals surface area contributed by atoms with Crippen molar-refractivity contribution < 1.29 is 14.6 Å². The molecule has 0 amide bonds. The van der Waals surface area contributed by atoms with Crippen LogP contribution in [0.15, 0.2) is 18.2 Å². The second-order valence-electron chi connectivity index (χ2n) is 3.27. The minimum atomic E-state index is -0.911. The van der Waals surface area contributed by atoms with Crippen LogP contribution < -0.4 is 0 Å². The molecule has 0 spiro atoms. The van der Waals surface area contributed by atoms with Gasteiger partial charge in [-0.15, -0.1) is 0 Å². The lowest BCUT2D eigenvalue weighted by Gasteiger charge is -2.14. The third-order valence-electron chi connectivity index (χ3n) is 2.19. The van der Waals surface area contributed by atoms with Crippen molar-refractivity contribution in [3.05, 3.63) is 34.3 Å². The molecule has 1 aromatic carbocycles. The zero-order valence-corrected chi connectivity index (χ0v) is 9.41. The standard InChI is InChI=1S/C11H13ClO3/c1-7-4-3-5-8(12)11(7)9(13)6-10(14)15-2/h3-5,9,13H,6H2,1-2H3. The van der Waals surface area contributed by atoms with Crippen molar-refractivity contribution in [2.45, 2.75) is 19.4 Å². The van der Waals surface area contributed by atoms with Crippen LogP contribution in [-0.2, 0) is 9.53 Å². The molecule has 1 N–H and O–H groups in total. The molecule has 0 aliphatic carbocycles. The first-order valence-corrected chi connectivity index (χ1v) is 4.94. The zero-order chi connectivity index (χ0) is 11.4. The normalized spacial score (nSPS) is 12.3. The van der Waals surface area contributed by atoms with Gasteiger partial charge in [0.25, 0.3) is 0 Å². The summed E-state index contributed by atoms with van der Waals surface area (Å²) in [4.78, 5) is 11.0. The Bertz CT molecular complexity index is 343. The molecule has 0 aliphatic rings. The van der Waals surface area contributed by atoms with E-state index in [-0.39, 0.29) is 6.42 Å². The topological polar surface area (TPSA) is 46.5 Å². The highest BCUT2D eigenvalue weighted by molar-refractivity contribution is 6.31. The van der Waals surface area contributed by atoms with E-state index < -0.39 is 12.1 Å². The molecule has 0 saturated heterocycles. The SMILES string of the molecule is COC(=O)CC(O)c1c(C)cccc1Cl. The van der Waals surface area contributed by atoms with Crippen molar-refractivity contribution in [1.82, 2.24) is 0 Å². The average Bonchev–Trinajstić information content (AvgIpc) is 2.17. The lowest BCUT2D eigenvalue weighted by Crippen LogP contribution is -2.09. The number of ether oxygens (including phenoxy) is 1. The maximum Gasteiger partial charge on any atom is 0.308 e. The smallest absolute Gasteiger partial charge is 0.308 e. The van der Waals surface area contributed by atoms with Crippen LogP contribution in [0.25, 0.3) is 0 Å². The van der Waals surface area contributed by atoms with Crippen LogP contribution in [0.2, 0.25) is 5.02 Å². The maximum atomic E-state index is 11.0. The van der Waals surface area contributed by atoms with Crippen LogP contribution in [0.5, 0.6) is 0 Å². The molecule has 0 radical (unpaired) electrons. The molecular weight excluding hydrogens is 216 g/mol. The van der Waals surface area contributed by atoms with E-state index in [9.17, 15) is 9.90 Å². The first kappa shape index (κ1) is 12.0. The van der Waals surface area contributed by atoms with Gasteiger partial charge in [-0.05, 0) is 18.6 Å². The van der Waals surface area contributed by atoms with Crippen LogP contribution in [0.3, 0.4) is 0 Å². The molecule has 0 bridgehead atoms. The molecule has 0 aliphatic heterocycles. The number of carbonyl (C=O) groups excluding carboxylic acids is 1. The number of rotatable bonds is 3. The highest BCUT2D eigenvalue weighted by Crippen LogP contribution is 2.28. The Kier molecular flexibility index (Phi) is 4.12. The minimum Gasteiger partial charge on any atom is -0.469 e. The number of methoxy groups -OCH3 is 1. The minimum absolute atomic E-state index is 0.0823. The van der Waals surface area contributed by atoms with Gasteiger partial charge in [0.05, 0.1) is 19.6 Å². The summed E-state index contributed by atoms with van der Waals surface area (Å²) >= 11 is 5.94. The number of aliphatic hydroxyl groups is 1. The molecule has 1 atom stereocenters. The first-order chi connectivity index (χ1) is 7.06. The van der Waals surface area contributed by atoms with Crippen molar-refractivity contribution in [3.63, 3.8) is 0 Å². The Labute approximate surface area is 93.6 Å². The predicted octanol–water partition coefficient (Wildman–Crippen LogP) is 2.24. The molecular formula is C11H13ClO3. The summed E-state index contributed by atoms with van der Waals surface area (Å²) in [6.45, 7) is 1.84. The fourth-order valence-electron chi connectivity index (χ4n) is 1.41. The van der Waals surface area contributed by atoms with Crippen LogP contribution in [0, 0.1) is 6.92 Å². The Morgan fingerprint density at radius 3 is 2.80 bits per heavy atom. The fourth-order valence-corrected chi connectivity index (χ4v) is 1.76. The summed E-state index contributed by atoms with van der Waals surface area (Å²) < 4.78 is 4.48. The van der Waals surface area contributed by atoms with Gasteiger partial charge in [0.2, 0.25) is 0 Å². The maximum absolute atomic E-state index is 11.0. The van der Waals surface area contributed by atoms with Crippen LogP contribution in [0.1, 0.15) is 23.7 Å². The summed E-state index contributed by atoms with van der Waals surface area (Å²) in [6, 6.07) is 5.32. The Morgan fingerprint density at radius 1 is 1.60 bits per heavy atom. The monoisotopic (exact) mass is 228 g/mol. The second kappa shape index (κ2) is 5.14. The second-order valence-corrected chi connectivity index (χ2v) is 3.67. The summed E-state index contributed by atoms with van der Waals surface area (Å²) in [5, 5.41) is 10.3. The van der Waals surface area contributed by atoms with Gasteiger partial charge in [-0.1, -0.05) is 23.7 Å². The van der Waals surface area contributed by atoms with E-state index in [0.717, 1.165) is 5.56 Å². The molecule has 4 heteroatoms. The van der Waals surface area contributed by atoms with E-state index in [4.69, 9.17) is 11.6 Å². The van der Waals surface area contributed by atoms with Crippen molar-refractivity contribution in [2.75, 3.05) is 7.11 Å². The zero-order valence-electron chi connectivity index (χ0n) is 8.66. The highest BCUT2D eigenvalue weighted by atomic mass is 35.5. The third-order valence-corrected chi connectivity index (χ3v) is 2.52. The largest absolute Gasteiger partial charge is 0.469 e. The molecule has 0 fully saturated rings. The predicted molar refractivity (Wildman–Crippen MR) is 57.8 cm³/mol. The summed E-state index contributed by atoms with van der Waals surface area (Å²) in [7, 11) is 1.29. The number of carbonyl (C=O) groups is 1. The van der Waals surface area contributed by atoms with E-state index in [0.29, 0.717) is 10.6 Å². The summed E-state index contributed by atoms with van der Waals surface area (Å²) in [5.74, 6) is -0.457. The van der Waals surface area contributed by atoms with Crippen molar-refractivity contribution in [1.29, 1.82) is 0 Å².